The van der Waals surface area contributed by atoms with Gasteiger partial charge in [0.05, 0.1) is 19.4 Å². The molecule has 0 atom stereocenters. The van der Waals surface area contributed by atoms with Crippen LogP contribution in [-0.4, -0.2) is 39.1 Å². The maximum Gasteiger partial charge on any atom is 0.283 e. The summed E-state index contributed by atoms with van der Waals surface area (Å²) in [6, 6.07) is 15.0. The van der Waals surface area contributed by atoms with Gasteiger partial charge in [-0.25, -0.2) is 9.55 Å². The number of benzene rings is 2. The van der Waals surface area contributed by atoms with E-state index in [1.54, 1.807) is 13.2 Å². The van der Waals surface area contributed by atoms with E-state index in [1.165, 1.54) is 16.3 Å². The van der Waals surface area contributed by atoms with Crippen molar-refractivity contribution >= 4 is 33.7 Å². The van der Waals surface area contributed by atoms with Crippen LogP contribution in [0.4, 0.5) is 0 Å². The Kier molecular flexibility index (Phi) is 4.40. The number of hydrogen-bond acceptors (Lipinski definition) is 5. The lowest BCUT2D eigenvalue weighted by molar-refractivity contribution is 0.322. The van der Waals surface area contributed by atoms with Gasteiger partial charge in [0.2, 0.25) is 0 Å². The highest BCUT2D eigenvalue weighted by Crippen LogP contribution is 2.29. The number of fused-ring (bicyclic) bond motifs is 3. The average Bonchev–Trinajstić information content (AvgIpc) is 3.05. The minimum absolute atomic E-state index is 0.00160. The zero-order valence-corrected chi connectivity index (χ0v) is 14.9. The van der Waals surface area contributed by atoms with E-state index in [-0.39, 0.29) is 12.2 Å². The van der Waals surface area contributed by atoms with E-state index in [0.717, 1.165) is 10.9 Å². The summed E-state index contributed by atoms with van der Waals surface area (Å²) in [7, 11) is 1.57. The monoisotopic (exact) mass is 367 g/mol. The summed E-state index contributed by atoms with van der Waals surface area (Å²) in [6.45, 7) is -0.00160. The lowest BCUT2D eigenvalue weighted by Gasteiger charge is -2.14. The summed E-state index contributed by atoms with van der Waals surface area (Å²) < 4.78 is 6.97. The number of rotatable bonds is 5. The van der Waals surface area contributed by atoms with Crippen molar-refractivity contribution < 1.29 is 9.84 Å². The smallest absolute Gasteiger partial charge is 0.283 e. The molecule has 2 aromatic carbocycles. The van der Waals surface area contributed by atoms with Crippen LogP contribution in [0.1, 0.15) is 0 Å². The number of aliphatic hydroxyl groups excluding tert-OH is 1. The van der Waals surface area contributed by atoms with Gasteiger partial charge in [0, 0.05) is 16.7 Å². The van der Waals surface area contributed by atoms with Crippen LogP contribution in [-0.2, 0) is 0 Å². The zero-order valence-electron chi connectivity index (χ0n) is 14.1. The highest BCUT2D eigenvalue weighted by molar-refractivity contribution is 7.99. The fraction of sp³-hybridized carbons (Fsp3) is 0.158. The van der Waals surface area contributed by atoms with Crippen molar-refractivity contribution in [2.24, 2.45) is 0 Å². The second-order valence-electron chi connectivity index (χ2n) is 5.67. The fourth-order valence-electron chi connectivity index (χ4n) is 3.00. The van der Waals surface area contributed by atoms with Gasteiger partial charge in [0.1, 0.15) is 16.8 Å². The molecular formula is C19H17N3O3S. The number of nitrogens with one attached hydrogen (secondary N) is 1. The molecule has 7 heteroatoms. The summed E-state index contributed by atoms with van der Waals surface area (Å²) in [6.07, 6.45) is 0. The molecule has 0 saturated heterocycles. The normalized spacial score (nSPS) is 11.3. The number of para-hydroxylation sites is 3. The molecule has 4 aromatic rings. The summed E-state index contributed by atoms with van der Waals surface area (Å²) in [5.74, 6) is 1.02. The van der Waals surface area contributed by atoms with Crippen LogP contribution in [0.2, 0.25) is 0 Å². The first-order valence-corrected chi connectivity index (χ1v) is 9.13. The molecule has 0 fully saturated rings. The van der Waals surface area contributed by atoms with Gasteiger partial charge in [-0.15, -0.1) is 0 Å². The Bertz CT molecular complexity index is 1150. The Hall–Kier alpha value is -2.77. The first kappa shape index (κ1) is 16.7. The molecule has 2 aromatic heterocycles. The zero-order chi connectivity index (χ0) is 18.1. The Labute approximate surface area is 153 Å². The lowest BCUT2D eigenvalue weighted by Crippen LogP contribution is -2.22. The number of aromatic nitrogens is 3. The predicted octanol–water partition coefficient (Wildman–Crippen LogP) is 2.96. The van der Waals surface area contributed by atoms with Gasteiger partial charge in [-0.05, 0) is 18.2 Å². The number of aromatic amines is 1. The van der Waals surface area contributed by atoms with Crippen LogP contribution in [0.15, 0.2) is 58.5 Å². The number of H-pyrrole nitrogens is 1. The highest BCUT2D eigenvalue weighted by Gasteiger charge is 2.18. The minimum Gasteiger partial charge on any atom is -0.495 e. The van der Waals surface area contributed by atoms with Gasteiger partial charge < -0.3 is 14.8 Å². The molecule has 2 N–H and O–H groups in total. The number of hydrogen-bond donors (Lipinski definition) is 2. The summed E-state index contributed by atoms with van der Waals surface area (Å²) in [5, 5.41) is 10.7. The first-order chi connectivity index (χ1) is 12.7. The Morgan fingerprint density at radius 3 is 2.77 bits per heavy atom. The van der Waals surface area contributed by atoms with Crippen molar-refractivity contribution in [3.8, 4) is 11.4 Å². The van der Waals surface area contributed by atoms with Crippen LogP contribution in [0.3, 0.4) is 0 Å². The average molecular weight is 367 g/mol. The van der Waals surface area contributed by atoms with Crippen LogP contribution in [0.5, 0.6) is 5.75 Å². The molecule has 0 saturated carbocycles. The number of thioether (sulfide) groups is 1. The van der Waals surface area contributed by atoms with Gasteiger partial charge in [-0.1, -0.05) is 42.1 Å². The third kappa shape index (κ3) is 2.65. The van der Waals surface area contributed by atoms with Crippen molar-refractivity contribution in [2.45, 2.75) is 5.16 Å². The Morgan fingerprint density at radius 1 is 1.19 bits per heavy atom. The van der Waals surface area contributed by atoms with Gasteiger partial charge in [-0.2, -0.15) is 0 Å². The molecule has 0 aliphatic carbocycles. The molecule has 0 radical (unpaired) electrons. The largest absolute Gasteiger partial charge is 0.495 e. The molecule has 4 rings (SSSR count). The van der Waals surface area contributed by atoms with Crippen LogP contribution in [0.25, 0.3) is 27.6 Å². The maximum absolute atomic E-state index is 13.3. The second kappa shape index (κ2) is 6.86. The van der Waals surface area contributed by atoms with Gasteiger partial charge in [0.15, 0.2) is 5.16 Å². The van der Waals surface area contributed by atoms with E-state index in [2.05, 4.69) is 4.98 Å². The first-order valence-electron chi connectivity index (χ1n) is 8.15. The third-order valence-corrected chi connectivity index (χ3v) is 5.06. The maximum atomic E-state index is 13.3. The SMILES string of the molecule is COc1ccccc1-n1c(SCCO)nc2c([nH]c3ccccc32)c1=O. The molecule has 0 aliphatic rings. The molecule has 132 valence electrons. The standard InChI is InChI=1S/C19H17N3O3S/c1-25-15-9-5-4-8-14(15)22-18(24)17-16(21-19(22)26-11-10-23)12-6-2-3-7-13(12)20-17/h2-9,20,23H,10-11H2,1H3. The second-order valence-corrected chi connectivity index (χ2v) is 6.74. The Balaban J connectivity index is 2.08. The lowest BCUT2D eigenvalue weighted by atomic mass is 10.2. The molecule has 26 heavy (non-hydrogen) atoms. The van der Waals surface area contributed by atoms with E-state index in [4.69, 9.17) is 9.72 Å². The van der Waals surface area contributed by atoms with Gasteiger partial charge >= 0.3 is 0 Å². The van der Waals surface area contributed by atoms with E-state index >= 15 is 0 Å². The molecule has 0 amide bonds. The van der Waals surface area contributed by atoms with E-state index < -0.39 is 0 Å². The molecule has 6 nitrogen and oxygen atoms in total. The predicted molar refractivity (Wildman–Crippen MR) is 104 cm³/mol. The topological polar surface area (TPSA) is 80.1 Å². The van der Waals surface area contributed by atoms with Crippen molar-refractivity contribution in [3.05, 3.63) is 58.9 Å². The molecule has 0 bridgehead atoms. The molecule has 2 heterocycles. The molecule has 0 unspecified atom stereocenters. The Morgan fingerprint density at radius 2 is 1.96 bits per heavy atom. The van der Waals surface area contributed by atoms with E-state index in [1.807, 2.05) is 42.5 Å². The summed E-state index contributed by atoms with van der Waals surface area (Å²) in [4.78, 5) is 21.2. The van der Waals surface area contributed by atoms with Crippen LogP contribution < -0.4 is 10.3 Å². The molecular weight excluding hydrogens is 350 g/mol. The third-order valence-electron chi connectivity index (χ3n) is 4.14. The fourth-order valence-corrected chi connectivity index (χ4v) is 3.74. The quantitative estimate of drug-likeness (QED) is 0.419. The minimum atomic E-state index is -0.198. The number of nitrogens with zero attached hydrogens (tertiary/aromatic N) is 2. The summed E-state index contributed by atoms with van der Waals surface area (Å²) in [5.41, 5.74) is 2.37. The van der Waals surface area contributed by atoms with Crippen molar-refractivity contribution in [3.63, 3.8) is 0 Å². The van der Waals surface area contributed by atoms with Crippen molar-refractivity contribution in [2.75, 3.05) is 19.5 Å². The van der Waals surface area contributed by atoms with E-state index in [9.17, 15) is 9.90 Å². The van der Waals surface area contributed by atoms with Gasteiger partial charge in [-0.3, -0.25) is 4.79 Å². The number of ether oxygens (including phenoxy) is 1. The van der Waals surface area contributed by atoms with Gasteiger partial charge in [0.25, 0.3) is 5.56 Å². The highest BCUT2D eigenvalue weighted by atomic mass is 32.2. The van der Waals surface area contributed by atoms with Crippen molar-refractivity contribution in [1.82, 2.24) is 14.5 Å². The molecule has 0 aliphatic heterocycles. The van der Waals surface area contributed by atoms with Crippen molar-refractivity contribution in [1.29, 1.82) is 0 Å². The van der Waals surface area contributed by atoms with E-state index in [0.29, 0.717) is 33.4 Å². The van der Waals surface area contributed by atoms with Crippen LogP contribution in [0, 0.1) is 0 Å². The molecule has 0 spiro atoms. The number of aliphatic hydroxyl groups is 1. The summed E-state index contributed by atoms with van der Waals surface area (Å²) >= 11 is 1.33. The number of methoxy groups -OCH3 is 1. The van der Waals surface area contributed by atoms with Crippen LogP contribution >= 0.6 is 11.8 Å².